The minimum atomic E-state index is 0.0906. The molecule has 1 saturated heterocycles. The summed E-state index contributed by atoms with van der Waals surface area (Å²) in [5, 5.41) is 0. The molecule has 0 atom stereocenters. The van der Waals surface area contributed by atoms with Crippen molar-refractivity contribution in [3.63, 3.8) is 0 Å². The monoisotopic (exact) mass is 1360 g/mol. The van der Waals surface area contributed by atoms with Crippen LogP contribution in [0, 0.1) is 23.7 Å². The molecule has 10 heteroatoms. The number of aromatic nitrogens is 6. The molecular formula is C93H100N6O4. The van der Waals surface area contributed by atoms with E-state index in [0.717, 1.165) is 144 Å². The fourth-order valence-corrected chi connectivity index (χ4v) is 17.7. The van der Waals surface area contributed by atoms with E-state index in [-0.39, 0.29) is 5.78 Å². The number of allylic oxidation sites excluding steroid dienone is 1. The van der Waals surface area contributed by atoms with Crippen molar-refractivity contribution >= 4 is 28.8 Å². The first-order chi connectivity index (χ1) is 50.6. The summed E-state index contributed by atoms with van der Waals surface area (Å²) < 4.78 is 23.0. The summed E-state index contributed by atoms with van der Waals surface area (Å²) in [6.45, 7) is 8.11. The highest BCUT2D eigenvalue weighted by Gasteiger charge is 2.30. The molecule has 3 saturated carbocycles. The molecule has 0 bridgehead atoms. The molecule has 4 fully saturated rings. The minimum Gasteiger partial charge on any atom is -0.497 e. The number of nitrogens with zero attached hydrogens (tertiary/aromatic N) is 6. The largest absolute Gasteiger partial charge is 0.497 e. The van der Waals surface area contributed by atoms with E-state index in [1.54, 1.807) is 21.1 Å². The van der Waals surface area contributed by atoms with Crippen LogP contribution in [0.2, 0.25) is 0 Å². The molecule has 0 amide bonds. The SMILES string of the molecule is CC(=O)c1ccc(-c2ccc(Cc3ccc(C4CCC(C5CCCCC5)CC4)cc3)c3nccn23)cc1.CC(C)C1CCC(c2ccc(Cc3ccc(-c4ccc5c(c4)CC=C5)n4ccnc34)cc2)CC1.COc1ccc(-c2ccc(Cc3ccc(C4CCOCC4)cc3)c3nccn23)c(OC)c1. The number of rotatable bonds is 17. The van der Waals surface area contributed by atoms with Gasteiger partial charge in [0.15, 0.2) is 5.78 Å². The number of methoxy groups -OCH3 is 2. The average molecular weight is 1370 g/mol. The third kappa shape index (κ3) is 15.7. The molecule has 103 heavy (non-hydrogen) atoms. The van der Waals surface area contributed by atoms with Gasteiger partial charge in [0.1, 0.15) is 28.4 Å². The lowest BCUT2D eigenvalue weighted by atomic mass is 9.70. The number of carbonyl (C=O) groups excluding carboxylic acids is 1. The lowest BCUT2D eigenvalue weighted by Crippen LogP contribution is -2.23. The number of hydrogen-bond donors (Lipinski definition) is 0. The Labute approximate surface area is 609 Å². The Morgan fingerprint density at radius 3 is 1.46 bits per heavy atom. The van der Waals surface area contributed by atoms with Gasteiger partial charge in [-0.2, -0.15) is 0 Å². The maximum absolute atomic E-state index is 11.7. The van der Waals surface area contributed by atoms with E-state index in [0.29, 0.717) is 5.92 Å². The quantitative estimate of drug-likeness (QED) is 0.0838. The van der Waals surface area contributed by atoms with Crippen molar-refractivity contribution in [3.8, 4) is 45.3 Å². The van der Waals surface area contributed by atoms with Crippen LogP contribution >= 0.6 is 0 Å². The molecule has 0 N–H and O–H groups in total. The Kier molecular flexibility index (Phi) is 21.4. The van der Waals surface area contributed by atoms with Gasteiger partial charge in [-0.25, -0.2) is 15.0 Å². The Hall–Kier alpha value is -9.64. The molecule has 6 aromatic carbocycles. The van der Waals surface area contributed by atoms with Gasteiger partial charge in [-0.15, -0.1) is 0 Å². The van der Waals surface area contributed by atoms with Gasteiger partial charge in [0.2, 0.25) is 0 Å². The summed E-state index contributed by atoms with van der Waals surface area (Å²) in [5.41, 5.74) is 25.4. The van der Waals surface area contributed by atoms with Gasteiger partial charge in [0.05, 0.1) is 31.3 Å². The van der Waals surface area contributed by atoms with Crippen LogP contribution in [-0.4, -0.2) is 61.4 Å². The van der Waals surface area contributed by atoms with Gasteiger partial charge in [0, 0.05) is 86.9 Å². The molecule has 10 nitrogen and oxygen atoms in total. The number of pyridine rings is 3. The third-order valence-corrected chi connectivity index (χ3v) is 23.8. The zero-order valence-electron chi connectivity index (χ0n) is 61.0. The highest BCUT2D eigenvalue weighted by atomic mass is 16.5. The number of imidazole rings is 3. The first-order valence-electron chi connectivity index (χ1n) is 38.4. The first-order valence-corrected chi connectivity index (χ1v) is 38.4. The van der Waals surface area contributed by atoms with E-state index in [1.165, 1.54) is 156 Å². The molecule has 7 heterocycles. The van der Waals surface area contributed by atoms with Crippen LogP contribution in [0.15, 0.2) is 213 Å². The van der Waals surface area contributed by atoms with Crippen molar-refractivity contribution in [2.45, 2.75) is 161 Å². The second kappa shape index (κ2) is 31.9. The molecule has 0 unspecified atom stereocenters. The summed E-state index contributed by atoms with van der Waals surface area (Å²) in [6.07, 6.45) is 40.5. The summed E-state index contributed by atoms with van der Waals surface area (Å²) in [6, 6.07) is 61.7. The van der Waals surface area contributed by atoms with Crippen LogP contribution in [0.3, 0.4) is 0 Å². The predicted octanol–water partition coefficient (Wildman–Crippen LogP) is 22.2. The maximum Gasteiger partial charge on any atom is 0.159 e. The molecule has 6 aromatic heterocycles. The summed E-state index contributed by atoms with van der Waals surface area (Å²) in [4.78, 5) is 25.7. The average Bonchev–Trinajstić information content (AvgIpc) is 1.72. The van der Waals surface area contributed by atoms with Crippen molar-refractivity contribution in [1.82, 2.24) is 28.2 Å². The number of Topliss-reactive ketones (excluding diaryl/α,β-unsaturated/α-hetero) is 1. The van der Waals surface area contributed by atoms with E-state index in [2.05, 4.69) is 178 Å². The van der Waals surface area contributed by atoms with E-state index in [9.17, 15) is 4.79 Å². The first kappa shape index (κ1) is 69.1. The van der Waals surface area contributed by atoms with Crippen molar-refractivity contribution in [1.29, 1.82) is 0 Å². The normalized spacial score (nSPS) is 18.5. The van der Waals surface area contributed by atoms with Crippen LogP contribution in [-0.2, 0) is 30.4 Å². The predicted molar refractivity (Wildman–Crippen MR) is 419 cm³/mol. The smallest absolute Gasteiger partial charge is 0.159 e. The van der Waals surface area contributed by atoms with Crippen molar-refractivity contribution in [2.75, 3.05) is 27.4 Å². The van der Waals surface area contributed by atoms with E-state index < -0.39 is 0 Å². The molecule has 0 spiro atoms. The summed E-state index contributed by atoms with van der Waals surface area (Å²) in [5.74, 6) is 7.49. The Bertz CT molecular complexity index is 4870. The van der Waals surface area contributed by atoms with Crippen molar-refractivity contribution < 1.29 is 19.0 Å². The maximum atomic E-state index is 11.7. The van der Waals surface area contributed by atoms with Gasteiger partial charge in [-0.1, -0.05) is 185 Å². The van der Waals surface area contributed by atoms with Gasteiger partial charge in [-0.3, -0.25) is 18.0 Å². The topological polar surface area (TPSA) is 96.7 Å². The fraction of sp³-hybridized carbons (Fsp3) is 0.355. The number of ketones is 1. The molecule has 17 rings (SSSR count). The van der Waals surface area contributed by atoms with Gasteiger partial charge >= 0.3 is 0 Å². The summed E-state index contributed by atoms with van der Waals surface area (Å²) in [7, 11) is 3.34. The molecule has 0 radical (unpaired) electrons. The highest BCUT2D eigenvalue weighted by Crippen LogP contribution is 2.44. The number of fused-ring (bicyclic) bond motifs is 4. The van der Waals surface area contributed by atoms with Gasteiger partial charge < -0.3 is 14.2 Å². The number of benzene rings is 6. The second-order valence-electron chi connectivity index (χ2n) is 30.3. The minimum absolute atomic E-state index is 0.0906. The number of ether oxygens (including phenoxy) is 3. The third-order valence-electron chi connectivity index (χ3n) is 23.8. The zero-order chi connectivity index (χ0) is 70.2. The fourth-order valence-electron chi connectivity index (χ4n) is 17.7. The van der Waals surface area contributed by atoms with Crippen molar-refractivity contribution in [3.05, 3.63) is 280 Å². The lowest BCUT2D eigenvalue weighted by Gasteiger charge is -2.36. The molecule has 5 aliphatic rings. The standard InChI is InChI=1S/C34H38N2O.C32H34N2.C27H28N2O3/c1-24(37)26-11-17-31(18-12-26)33-20-19-32(34-35-21-22-36(33)34)23-25-7-9-28(10-8-25)30-15-13-29(14-16-30)27-5-3-2-4-6-27;1-22(2)24-10-12-27(13-11-24)26-8-6-23(7-9-26)20-30-16-17-31(34-19-18-33-32(30)34)29-15-14-25-4-3-5-28(25)21-29;1-30-23-8-9-24(26(18-23)31-2)25-10-7-22(27-28-13-14-29(25)27)17-19-3-5-20(6-4-19)21-11-15-32-16-12-21/h7-12,17-22,27,29-30H,2-6,13-16,23H2,1H3;3-4,6-9,14-19,21-22,24,27H,5,10-13,20H2,1-2H3;3-10,13-14,18,21H,11-12,15-17H2,1-2H3. The Morgan fingerprint density at radius 2 is 0.951 bits per heavy atom. The van der Waals surface area contributed by atoms with Gasteiger partial charge in [-0.05, 0) is 228 Å². The van der Waals surface area contributed by atoms with Crippen LogP contribution in [0.25, 0.3) is 56.8 Å². The zero-order valence-corrected chi connectivity index (χ0v) is 61.0. The number of hydrogen-bond acceptors (Lipinski definition) is 7. The van der Waals surface area contributed by atoms with Crippen LogP contribution in [0.1, 0.15) is 206 Å². The Balaban J connectivity index is 0.000000125. The second-order valence-corrected chi connectivity index (χ2v) is 30.3. The van der Waals surface area contributed by atoms with E-state index in [1.807, 2.05) is 73.4 Å². The highest BCUT2D eigenvalue weighted by molar-refractivity contribution is 5.94. The van der Waals surface area contributed by atoms with Crippen LogP contribution < -0.4 is 9.47 Å². The molecule has 4 aliphatic carbocycles. The lowest BCUT2D eigenvalue weighted by molar-refractivity contribution is 0.0853. The molecule has 526 valence electrons. The number of carbonyl (C=O) groups is 1. The van der Waals surface area contributed by atoms with Crippen LogP contribution in [0.4, 0.5) is 0 Å². The van der Waals surface area contributed by atoms with E-state index >= 15 is 0 Å². The Morgan fingerprint density at radius 1 is 0.476 bits per heavy atom. The molecular weight excluding hydrogens is 1270 g/mol. The summed E-state index contributed by atoms with van der Waals surface area (Å²) >= 11 is 0. The van der Waals surface area contributed by atoms with Crippen LogP contribution in [0.5, 0.6) is 11.5 Å². The molecule has 12 aromatic rings. The van der Waals surface area contributed by atoms with E-state index in [4.69, 9.17) is 24.2 Å². The van der Waals surface area contributed by atoms with Crippen molar-refractivity contribution in [2.24, 2.45) is 23.7 Å². The molecule has 1 aliphatic heterocycles. The van der Waals surface area contributed by atoms with Gasteiger partial charge in [0.25, 0.3) is 0 Å².